The van der Waals surface area contributed by atoms with Gasteiger partial charge in [-0.05, 0) is 6.92 Å². The first-order valence-corrected chi connectivity index (χ1v) is 6.12. The molecule has 0 spiro atoms. The lowest BCUT2D eigenvalue weighted by atomic mass is 10.0. The van der Waals surface area contributed by atoms with Crippen molar-refractivity contribution in [2.24, 2.45) is 0 Å². The second-order valence-corrected chi connectivity index (χ2v) is 4.81. The van der Waals surface area contributed by atoms with Crippen LogP contribution >= 0.6 is 0 Å². The highest BCUT2D eigenvalue weighted by atomic mass is 19.2. The number of nitrogen functional groups attached to an aromatic ring is 1. The zero-order valence-corrected chi connectivity index (χ0v) is 11.7. The van der Waals surface area contributed by atoms with E-state index in [1.165, 1.54) is 0 Å². The number of nitrogens with two attached hydrogens (primary N) is 1. The number of nitrogens with zero attached hydrogens (tertiary/aromatic N) is 3. The standard InChI is InChI=1S/C11H15F2N5O4/c1-10(12,8(21)11(13,3-19)22-2)18-4-15-5-6(18)16-9(14)17-7(5)20/h4,8,19,21H,3H2,1-2H3,(H3,14,16,17,20)/t8-,10-,11+/m0/s1. The number of aromatic amines is 1. The molecule has 0 saturated carbocycles. The fraction of sp³-hybridized carbons (Fsp3) is 0.545. The molecule has 2 heterocycles. The van der Waals surface area contributed by atoms with Crippen LogP contribution in [0.5, 0.6) is 0 Å². The quantitative estimate of drug-likeness (QED) is 0.555. The van der Waals surface area contributed by atoms with Crippen LogP contribution in [0.4, 0.5) is 14.7 Å². The summed E-state index contributed by atoms with van der Waals surface area (Å²) in [4.78, 5) is 21.2. The Morgan fingerprint density at radius 1 is 1.59 bits per heavy atom. The van der Waals surface area contributed by atoms with E-state index in [9.17, 15) is 18.7 Å². The first kappa shape index (κ1) is 16.3. The molecule has 22 heavy (non-hydrogen) atoms. The normalized spacial score (nSPS) is 18.8. The molecule has 0 aliphatic rings. The Hall–Kier alpha value is -2.11. The number of aliphatic hydroxyl groups excluding tert-OH is 2. The molecular weight excluding hydrogens is 304 g/mol. The van der Waals surface area contributed by atoms with Gasteiger partial charge in [-0.1, -0.05) is 0 Å². The van der Waals surface area contributed by atoms with Crippen molar-refractivity contribution in [1.29, 1.82) is 0 Å². The molecule has 3 atom stereocenters. The van der Waals surface area contributed by atoms with Crippen molar-refractivity contribution in [3.8, 4) is 0 Å². The number of methoxy groups -OCH3 is 1. The number of aliphatic hydroxyl groups is 2. The fourth-order valence-corrected chi connectivity index (χ4v) is 2.03. The highest BCUT2D eigenvalue weighted by Crippen LogP contribution is 2.34. The molecule has 0 aromatic carbocycles. The van der Waals surface area contributed by atoms with Crippen molar-refractivity contribution >= 4 is 17.1 Å². The number of anilines is 1. The van der Waals surface area contributed by atoms with Crippen LogP contribution in [0.1, 0.15) is 6.92 Å². The molecule has 0 fully saturated rings. The van der Waals surface area contributed by atoms with Gasteiger partial charge >= 0.3 is 0 Å². The summed E-state index contributed by atoms with van der Waals surface area (Å²) >= 11 is 0. The third-order valence-electron chi connectivity index (χ3n) is 3.36. The van der Waals surface area contributed by atoms with Crippen molar-refractivity contribution in [3.05, 3.63) is 16.7 Å². The van der Waals surface area contributed by atoms with Crippen LogP contribution in [0.2, 0.25) is 0 Å². The topological polar surface area (TPSA) is 139 Å². The zero-order valence-electron chi connectivity index (χ0n) is 11.7. The van der Waals surface area contributed by atoms with Crippen molar-refractivity contribution in [1.82, 2.24) is 19.5 Å². The predicted octanol–water partition coefficient (Wildman–Crippen LogP) is -0.991. The van der Waals surface area contributed by atoms with Gasteiger partial charge in [0.05, 0.1) is 6.33 Å². The number of hydrogen-bond donors (Lipinski definition) is 4. The van der Waals surface area contributed by atoms with E-state index in [1.807, 2.05) is 0 Å². The Bertz CT molecular complexity index is 740. The van der Waals surface area contributed by atoms with Gasteiger partial charge in [0.2, 0.25) is 11.7 Å². The fourth-order valence-electron chi connectivity index (χ4n) is 2.03. The molecule has 5 N–H and O–H groups in total. The number of halogens is 2. The van der Waals surface area contributed by atoms with Gasteiger partial charge in [-0.25, -0.2) is 13.8 Å². The van der Waals surface area contributed by atoms with Crippen LogP contribution in [-0.2, 0) is 10.5 Å². The van der Waals surface area contributed by atoms with Crippen molar-refractivity contribution < 1.29 is 23.7 Å². The monoisotopic (exact) mass is 319 g/mol. The second kappa shape index (κ2) is 5.26. The Balaban J connectivity index is 2.61. The van der Waals surface area contributed by atoms with E-state index in [1.54, 1.807) is 0 Å². The average molecular weight is 319 g/mol. The van der Waals surface area contributed by atoms with E-state index in [2.05, 4.69) is 19.7 Å². The number of H-pyrrole nitrogens is 1. The summed E-state index contributed by atoms with van der Waals surface area (Å²) in [6.07, 6.45) is -1.57. The molecule has 2 aromatic rings. The minimum atomic E-state index is -3.06. The SMILES string of the molecule is CO[C@](F)(CO)[C@@H](O)[C@@](C)(F)n1cnc2c(=O)[nH]c(N)nc21. The number of hydrogen-bond acceptors (Lipinski definition) is 7. The van der Waals surface area contributed by atoms with Crippen molar-refractivity contribution in [3.63, 3.8) is 0 Å². The Kier molecular flexibility index (Phi) is 3.89. The van der Waals surface area contributed by atoms with Crippen LogP contribution < -0.4 is 11.3 Å². The second-order valence-electron chi connectivity index (χ2n) is 4.81. The largest absolute Gasteiger partial charge is 0.390 e. The van der Waals surface area contributed by atoms with Crippen LogP contribution in [-0.4, -0.2) is 55.4 Å². The van der Waals surface area contributed by atoms with Gasteiger partial charge in [-0.2, -0.15) is 4.98 Å². The number of nitrogens with one attached hydrogen (secondary N) is 1. The first-order chi connectivity index (χ1) is 10.2. The minimum Gasteiger partial charge on any atom is -0.390 e. The van der Waals surface area contributed by atoms with E-state index in [-0.39, 0.29) is 17.1 Å². The molecule has 0 radical (unpaired) electrons. The van der Waals surface area contributed by atoms with Crippen LogP contribution in [0.15, 0.2) is 11.1 Å². The zero-order chi connectivity index (χ0) is 16.7. The lowest BCUT2D eigenvalue weighted by Gasteiger charge is -2.35. The summed E-state index contributed by atoms with van der Waals surface area (Å²) < 4.78 is 34.1. The van der Waals surface area contributed by atoms with Gasteiger partial charge in [0, 0.05) is 7.11 Å². The molecule has 122 valence electrons. The average Bonchev–Trinajstić information content (AvgIpc) is 2.90. The maximum absolute atomic E-state index is 15.0. The predicted molar refractivity (Wildman–Crippen MR) is 71.3 cm³/mol. The van der Waals surface area contributed by atoms with Gasteiger partial charge in [0.15, 0.2) is 17.3 Å². The van der Waals surface area contributed by atoms with Gasteiger partial charge in [0.25, 0.3) is 11.4 Å². The van der Waals surface area contributed by atoms with Crippen LogP contribution in [0, 0.1) is 0 Å². The highest BCUT2D eigenvalue weighted by molar-refractivity contribution is 5.70. The summed E-state index contributed by atoms with van der Waals surface area (Å²) in [6, 6.07) is 0. The van der Waals surface area contributed by atoms with Gasteiger partial charge < -0.3 is 20.7 Å². The summed E-state index contributed by atoms with van der Waals surface area (Å²) in [7, 11) is 0.864. The lowest BCUT2D eigenvalue weighted by molar-refractivity contribution is -0.256. The minimum absolute atomic E-state index is 0.240. The summed E-state index contributed by atoms with van der Waals surface area (Å²) in [5.74, 6) is -6.20. The molecule has 0 aliphatic carbocycles. The van der Waals surface area contributed by atoms with Gasteiger partial charge in [0.1, 0.15) is 6.61 Å². The van der Waals surface area contributed by atoms with E-state index < -0.39 is 29.9 Å². The maximum atomic E-state index is 15.0. The van der Waals surface area contributed by atoms with E-state index >= 15 is 0 Å². The third kappa shape index (κ3) is 2.32. The number of fused-ring (bicyclic) bond motifs is 1. The van der Waals surface area contributed by atoms with Crippen molar-refractivity contribution in [2.45, 2.75) is 24.7 Å². The van der Waals surface area contributed by atoms with E-state index in [0.717, 1.165) is 20.4 Å². The van der Waals surface area contributed by atoms with Gasteiger partial charge in [-0.15, -0.1) is 0 Å². The Labute approximate surface area is 122 Å². The molecule has 2 aromatic heterocycles. The number of aromatic nitrogens is 4. The molecule has 0 saturated heterocycles. The number of alkyl halides is 2. The van der Waals surface area contributed by atoms with E-state index in [0.29, 0.717) is 4.57 Å². The molecule has 11 heteroatoms. The first-order valence-electron chi connectivity index (χ1n) is 6.12. The maximum Gasteiger partial charge on any atom is 0.280 e. The molecular formula is C11H15F2N5O4. The Morgan fingerprint density at radius 2 is 2.23 bits per heavy atom. The summed E-state index contributed by atoms with van der Waals surface area (Å²) in [5, 5.41) is 18.9. The third-order valence-corrected chi connectivity index (χ3v) is 3.36. The number of ether oxygens (including phenoxy) is 1. The smallest absolute Gasteiger partial charge is 0.280 e. The van der Waals surface area contributed by atoms with Gasteiger partial charge in [-0.3, -0.25) is 14.3 Å². The molecule has 0 amide bonds. The number of rotatable bonds is 5. The molecule has 9 nitrogen and oxygen atoms in total. The molecule has 0 unspecified atom stereocenters. The Morgan fingerprint density at radius 3 is 2.77 bits per heavy atom. The molecule has 0 bridgehead atoms. The van der Waals surface area contributed by atoms with Crippen LogP contribution in [0.3, 0.4) is 0 Å². The highest BCUT2D eigenvalue weighted by Gasteiger charge is 2.52. The molecule has 0 aliphatic heterocycles. The van der Waals surface area contributed by atoms with Crippen molar-refractivity contribution in [2.75, 3.05) is 19.5 Å². The van der Waals surface area contributed by atoms with E-state index in [4.69, 9.17) is 10.8 Å². The molecule has 2 rings (SSSR count). The summed E-state index contributed by atoms with van der Waals surface area (Å²) in [6.45, 7) is -0.464. The van der Waals surface area contributed by atoms with Crippen LogP contribution in [0.25, 0.3) is 11.2 Å². The lowest BCUT2D eigenvalue weighted by Crippen LogP contribution is -2.54. The summed E-state index contributed by atoms with van der Waals surface area (Å²) in [5.41, 5.74) is 4.13. The number of imidazole rings is 1.